The lowest BCUT2D eigenvalue weighted by atomic mass is 10.4. The van der Waals surface area contributed by atoms with Gasteiger partial charge in [-0.1, -0.05) is 6.92 Å². The summed E-state index contributed by atoms with van der Waals surface area (Å²) in [5.41, 5.74) is 0. The van der Waals surface area contributed by atoms with E-state index in [1.807, 2.05) is 6.92 Å². The third-order valence-electron chi connectivity index (χ3n) is 2.33. The van der Waals surface area contributed by atoms with E-state index in [-0.39, 0.29) is 17.3 Å². The Kier molecular flexibility index (Phi) is 6.53. The highest BCUT2D eigenvalue weighted by Gasteiger charge is 2.20. The van der Waals surface area contributed by atoms with Crippen LogP contribution < -0.4 is 15.2 Å². The van der Waals surface area contributed by atoms with E-state index in [1.165, 1.54) is 12.3 Å². The molecule has 8 nitrogen and oxygen atoms in total. The topological polar surface area (TPSA) is 131 Å². The van der Waals surface area contributed by atoms with Crippen LogP contribution in [0, 0.1) is 0 Å². The number of anilines is 1. The van der Waals surface area contributed by atoms with E-state index < -0.39 is 25.8 Å². The quantitative estimate of drug-likeness (QED) is 0.572. The molecule has 4 N–H and O–H groups in total. The molecule has 0 atom stereocenters. The smallest absolute Gasteiger partial charge is 0.244 e. The van der Waals surface area contributed by atoms with Crippen molar-refractivity contribution in [2.45, 2.75) is 18.2 Å². The summed E-state index contributed by atoms with van der Waals surface area (Å²) in [6, 6.07) is 1.39. The lowest BCUT2D eigenvalue weighted by Gasteiger charge is -2.12. The second kappa shape index (κ2) is 7.49. The van der Waals surface area contributed by atoms with Crippen LogP contribution in [-0.2, 0) is 20.0 Å². The molecule has 21 heavy (non-hydrogen) atoms. The van der Waals surface area contributed by atoms with Crippen LogP contribution in [0.15, 0.2) is 21.6 Å². The number of aromatic nitrogens is 1. The van der Waals surface area contributed by atoms with Crippen molar-refractivity contribution < 1.29 is 16.8 Å². The first-order valence-corrected chi connectivity index (χ1v) is 10.0. The second-order valence-electron chi connectivity index (χ2n) is 4.19. The number of nitrogens with one attached hydrogen (secondary N) is 2. The molecule has 0 aliphatic rings. The molecule has 0 aliphatic heterocycles. The van der Waals surface area contributed by atoms with Crippen molar-refractivity contribution in [1.82, 2.24) is 9.71 Å². The first-order valence-electron chi connectivity index (χ1n) is 6.05. The molecule has 120 valence electrons. The zero-order valence-corrected chi connectivity index (χ0v) is 14.6. The molecule has 0 unspecified atom stereocenters. The Morgan fingerprint density at radius 1 is 1.29 bits per heavy atom. The van der Waals surface area contributed by atoms with Crippen molar-refractivity contribution in [2.75, 3.05) is 24.2 Å². The third kappa shape index (κ3) is 6.26. The average molecular weight is 401 g/mol. The van der Waals surface area contributed by atoms with Gasteiger partial charge in [-0.3, -0.25) is 0 Å². The average Bonchev–Trinajstić information content (AvgIpc) is 2.35. The molecule has 1 aromatic heterocycles. The van der Waals surface area contributed by atoms with Crippen LogP contribution in [0.1, 0.15) is 13.3 Å². The van der Waals surface area contributed by atoms with Gasteiger partial charge >= 0.3 is 0 Å². The van der Waals surface area contributed by atoms with Gasteiger partial charge in [0.05, 0.1) is 5.75 Å². The minimum absolute atomic E-state index is 0.0558. The fraction of sp³-hybridized carbons (Fsp3) is 0.500. The van der Waals surface area contributed by atoms with Gasteiger partial charge in [0.15, 0.2) is 0 Å². The van der Waals surface area contributed by atoms with Gasteiger partial charge in [-0.05, 0) is 28.4 Å². The summed E-state index contributed by atoms with van der Waals surface area (Å²) < 4.78 is 48.8. The molecule has 0 saturated carbocycles. The Hall–Kier alpha value is -0.750. The molecule has 0 aliphatic carbocycles. The van der Waals surface area contributed by atoms with Gasteiger partial charge in [0.1, 0.15) is 10.7 Å². The molecule has 0 fully saturated rings. The van der Waals surface area contributed by atoms with Crippen molar-refractivity contribution in [3.63, 3.8) is 0 Å². The first-order chi connectivity index (χ1) is 9.65. The van der Waals surface area contributed by atoms with Crippen LogP contribution in [0.5, 0.6) is 0 Å². The monoisotopic (exact) mass is 400 g/mol. The molecule has 0 bridgehead atoms. The van der Waals surface area contributed by atoms with Crippen LogP contribution >= 0.6 is 15.9 Å². The largest absolute Gasteiger partial charge is 0.369 e. The second-order valence-corrected chi connectivity index (χ2v) is 8.58. The van der Waals surface area contributed by atoms with Gasteiger partial charge in [-0.2, -0.15) is 0 Å². The van der Waals surface area contributed by atoms with Crippen molar-refractivity contribution in [1.29, 1.82) is 0 Å². The fourth-order valence-electron chi connectivity index (χ4n) is 1.40. The Labute approximate surface area is 132 Å². The van der Waals surface area contributed by atoms with Crippen molar-refractivity contribution in [2.24, 2.45) is 5.14 Å². The summed E-state index contributed by atoms with van der Waals surface area (Å²) in [4.78, 5) is 3.96. The number of hydrogen-bond donors (Lipinski definition) is 3. The standard InChI is InChI=1S/C10H17BrN4O4S2/c1-2-3-13-10-9(6-8(11)7-14-10)21(18,19)15-4-5-20(12,16)17/h6-7,15H,2-5H2,1H3,(H,13,14)(H2,12,16,17). The molecule has 0 amide bonds. The lowest BCUT2D eigenvalue weighted by Crippen LogP contribution is -2.32. The van der Waals surface area contributed by atoms with Gasteiger partial charge in [0.25, 0.3) is 0 Å². The van der Waals surface area contributed by atoms with Crippen molar-refractivity contribution in [3.05, 3.63) is 16.7 Å². The minimum atomic E-state index is -3.89. The maximum Gasteiger partial charge on any atom is 0.244 e. The van der Waals surface area contributed by atoms with E-state index >= 15 is 0 Å². The molecule has 0 spiro atoms. The van der Waals surface area contributed by atoms with E-state index in [4.69, 9.17) is 5.14 Å². The molecule has 1 aromatic rings. The first kappa shape index (κ1) is 18.3. The molecular weight excluding hydrogens is 384 g/mol. The zero-order chi connectivity index (χ0) is 16.1. The molecule has 0 saturated heterocycles. The van der Waals surface area contributed by atoms with Crippen molar-refractivity contribution >= 4 is 41.8 Å². The Morgan fingerprint density at radius 3 is 2.52 bits per heavy atom. The fourth-order valence-corrected chi connectivity index (χ4v) is 3.58. The highest BCUT2D eigenvalue weighted by atomic mass is 79.9. The summed E-state index contributed by atoms with van der Waals surface area (Å²) in [6.07, 6.45) is 2.28. The van der Waals surface area contributed by atoms with Gasteiger partial charge in [0, 0.05) is 23.8 Å². The van der Waals surface area contributed by atoms with Crippen molar-refractivity contribution in [3.8, 4) is 0 Å². The van der Waals surface area contributed by atoms with Gasteiger partial charge < -0.3 is 5.32 Å². The number of hydrogen-bond acceptors (Lipinski definition) is 6. The summed E-state index contributed by atoms with van der Waals surface area (Å²) in [7, 11) is -7.62. The Bertz CT molecular complexity index is 691. The highest BCUT2D eigenvalue weighted by Crippen LogP contribution is 2.22. The maximum atomic E-state index is 12.2. The summed E-state index contributed by atoms with van der Waals surface area (Å²) in [5, 5.41) is 7.74. The molecule has 0 aromatic carbocycles. The predicted octanol–water partition coefficient (Wildman–Crippen LogP) is 0.233. The number of nitrogens with zero attached hydrogens (tertiary/aromatic N) is 1. The van der Waals surface area contributed by atoms with Crippen LogP contribution in [0.3, 0.4) is 0 Å². The SMILES string of the molecule is CCCNc1ncc(Br)cc1S(=O)(=O)NCCS(N)(=O)=O. The van der Waals surface area contributed by atoms with Gasteiger partial charge in [0.2, 0.25) is 20.0 Å². The van der Waals surface area contributed by atoms with Gasteiger partial charge in [-0.15, -0.1) is 0 Å². The molecule has 11 heteroatoms. The minimum Gasteiger partial charge on any atom is -0.369 e. The maximum absolute atomic E-state index is 12.2. The summed E-state index contributed by atoms with van der Waals surface area (Å²) in [5.74, 6) is -0.270. The lowest BCUT2D eigenvalue weighted by molar-refractivity contribution is 0.581. The van der Waals surface area contributed by atoms with E-state index in [9.17, 15) is 16.8 Å². The summed E-state index contributed by atoms with van der Waals surface area (Å²) in [6.45, 7) is 2.19. The van der Waals surface area contributed by atoms with Crippen LogP contribution in [0.2, 0.25) is 0 Å². The summed E-state index contributed by atoms with van der Waals surface area (Å²) >= 11 is 3.16. The number of halogens is 1. The number of primary sulfonamides is 1. The molecule has 1 rings (SSSR count). The molecular formula is C10H17BrN4O4S2. The van der Waals surface area contributed by atoms with Gasteiger partial charge in [-0.25, -0.2) is 31.7 Å². The number of rotatable bonds is 8. The van der Waals surface area contributed by atoms with Crippen LogP contribution in [-0.4, -0.2) is 40.7 Å². The third-order valence-corrected chi connectivity index (χ3v) is 5.01. The van der Waals surface area contributed by atoms with E-state index in [2.05, 4.69) is 31.0 Å². The zero-order valence-electron chi connectivity index (χ0n) is 11.3. The Morgan fingerprint density at radius 2 is 1.95 bits per heavy atom. The van der Waals surface area contributed by atoms with Crippen LogP contribution in [0.25, 0.3) is 0 Å². The Balaban J connectivity index is 2.98. The van der Waals surface area contributed by atoms with E-state index in [1.54, 1.807) is 0 Å². The molecule has 0 radical (unpaired) electrons. The number of pyridine rings is 1. The van der Waals surface area contributed by atoms with Crippen LogP contribution in [0.4, 0.5) is 5.82 Å². The number of nitrogens with two attached hydrogens (primary N) is 1. The molecule has 1 heterocycles. The predicted molar refractivity (Wildman–Crippen MR) is 83.9 cm³/mol. The highest BCUT2D eigenvalue weighted by molar-refractivity contribution is 9.10. The van der Waals surface area contributed by atoms with E-state index in [0.717, 1.165) is 6.42 Å². The van der Waals surface area contributed by atoms with E-state index in [0.29, 0.717) is 11.0 Å². The number of sulfonamides is 2. The normalized spacial score (nSPS) is 12.3.